The monoisotopic (exact) mass is 577 g/mol. The Morgan fingerprint density at radius 2 is 1.93 bits per heavy atom. The summed E-state index contributed by atoms with van der Waals surface area (Å²) < 4.78 is 13.2. The second-order valence-corrected chi connectivity index (χ2v) is 12.0. The molecular weight excluding hydrogens is 546 g/mol. The standard InChI is InChI=1S/C30H32ClN5O5/c1-30(2,3)41-29(39)34-26-24(19-14-16(27(37)32-17-8-9-17)7-12-22(19)33-28(26)38)18-10-11-21(31)25-20(18)15-36(35-25)23-6-4-5-13-40-23/h7,10-12,14-15,17,23H,4-6,8-9,13H2,1-3H3,(H,32,37)(H,33,38)(H,34,39). The number of hydrogen-bond donors (Lipinski definition) is 3. The Morgan fingerprint density at radius 1 is 1.12 bits per heavy atom. The van der Waals surface area contributed by atoms with Crippen molar-refractivity contribution in [3.8, 4) is 11.1 Å². The lowest BCUT2D eigenvalue weighted by Gasteiger charge is -2.22. The van der Waals surface area contributed by atoms with Gasteiger partial charge in [0.25, 0.3) is 11.5 Å². The Bertz CT molecular complexity index is 1730. The zero-order chi connectivity index (χ0) is 28.9. The van der Waals surface area contributed by atoms with E-state index >= 15 is 0 Å². The molecule has 41 heavy (non-hydrogen) atoms. The lowest BCUT2D eigenvalue weighted by molar-refractivity contribution is -0.0390. The van der Waals surface area contributed by atoms with E-state index in [9.17, 15) is 14.4 Å². The Labute approximate surface area is 241 Å². The number of ether oxygens (including phenoxy) is 2. The van der Waals surface area contributed by atoms with E-state index < -0.39 is 17.3 Å². The van der Waals surface area contributed by atoms with Crippen molar-refractivity contribution in [2.24, 2.45) is 0 Å². The van der Waals surface area contributed by atoms with Crippen LogP contribution >= 0.6 is 11.6 Å². The fourth-order valence-electron chi connectivity index (χ4n) is 5.12. The highest BCUT2D eigenvalue weighted by atomic mass is 35.5. The summed E-state index contributed by atoms with van der Waals surface area (Å²) in [5.41, 5.74) is 1.24. The number of halogens is 1. The van der Waals surface area contributed by atoms with Crippen LogP contribution in [0, 0.1) is 0 Å². The van der Waals surface area contributed by atoms with Crippen LogP contribution in [0.25, 0.3) is 32.9 Å². The average Bonchev–Trinajstić information content (AvgIpc) is 3.62. The number of nitrogens with one attached hydrogen (secondary N) is 3. The molecule has 214 valence electrons. The van der Waals surface area contributed by atoms with E-state index in [1.807, 2.05) is 6.20 Å². The molecule has 4 aromatic rings. The zero-order valence-electron chi connectivity index (χ0n) is 23.2. The number of carbonyl (C=O) groups excluding carboxylic acids is 2. The highest BCUT2D eigenvalue weighted by molar-refractivity contribution is 6.35. The first-order chi connectivity index (χ1) is 19.6. The van der Waals surface area contributed by atoms with Crippen LogP contribution in [0.4, 0.5) is 10.5 Å². The minimum atomic E-state index is -0.781. The normalized spacial score (nSPS) is 17.5. The summed E-state index contributed by atoms with van der Waals surface area (Å²) in [4.78, 5) is 42.3. The number of carbonyl (C=O) groups is 2. The quantitative estimate of drug-likeness (QED) is 0.261. The molecule has 3 N–H and O–H groups in total. The third-order valence-electron chi connectivity index (χ3n) is 7.18. The van der Waals surface area contributed by atoms with Gasteiger partial charge in [0, 0.05) is 46.3 Å². The third kappa shape index (κ3) is 5.67. The number of aromatic nitrogens is 3. The molecule has 2 amide bonds. The molecule has 11 heteroatoms. The van der Waals surface area contributed by atoms with Crippen molar-refractivity contribution in [2.45, 2.75) is 70.7 Å². The van der Waals surface area contributed by atoms with Crippen LogP contribution in [0.5, 0.6) is 0 Å². The maximum Gasteiger partial charge on any atom is 0.412 e. The first-order valence-corrected chi connectivity index (χ1v) is 14.3. The highest BCUT2D eigenvalue weighted by Gasteiger charge is 2.27. The van der Waals surface area contributed by atoms with E-state index in [-0.39, 0.29) is 23.9 Å². The van der Waals surface area contributed by atoms with E-state index in [0.717, 1.165) is 32.1 Å². The Hall–Kier alpha value is -3.89. The van der Waals surface area contributed by atoms with Gasteiger partial charge in [0.05, 0.1) is 5.02 Å². The van der Waals surface area contributed by atoms with Crippen LogP contribution in [0.15, 0.2) is 41.3 Å². The minimum absolute atomic E-state index is 0.00297. The first kappa shape index (κ1) is 27.3. The van der Waals surface area contributed by atoms with Gasteiger partial charge >= 0.3 is 6.09 Å². The topological polar surface area (TPSA) is 127 Å². The molecule has 2 aromatic heterocycles. The van der Waals surface area contributed by atoms with Crippen molar-refractivity contribution in [3.05, 3.63) is 57.5 Å². The number of aromatic amines is 1. The molecule has 1 saturated carbocycles. The zero-order valence-corrected chi connectivity index (χ0v) is 23.9. The smallest absolute Gasteiger partial charge is 0.412 e. The van der Waals surface area contributed by atoms with Gasteiger partial charge in [-0.05, 0) is 82.7 Å². The molecule has 3 heterocycles. The van der Waals surface area contributed by atoms with E-state index in [2.05, 4.69) is 15.6 Å². The molecule has 1 saturated heterocycles. The summed E-state index contributed by atoms with van der Waals surface area (Å²) >= 11 is 6.61. The number of fused-ring (bicyclic) bond motifs is 2. The largest absolute Gasteiger partial charge is 0.444 e. The third-order valence-corrected chi connectivity index (χ3v) is 7.48. The molecule has 1 aliphatic carbocycles. The molecule has 2 fully saturated rings. The molecule has 1 unspecified atom stereocenters. The van der Waals surface area contributed by atoms with E-state index in [4.69, 9.17) is 26.2 Å². The molecule has 0 radical (unpaired) electrons. The van der Waals surface area contributed by atoms with Crippen molar-refractivity contribution < 1.29 is 19.1 Å². The van der Waals surface area contributed by atoms with Gasteiger partial charge in [-0.1, -0.05) is 17.7 Å². The van der Waals surface area contributed by atoms with Crippen LogP contribution < -0.4 is 16.2 Å². The highest BCUT2D eigenvalue weighted by Crippen LogP contribution is 2.40. The summed E-state index contributed by atoms with van der Waals surface area (Å²) in [6.07, 6.45) is 5.61. The van der Waals surface area contributed by atoms with Crippen LogP contribution in [0.2, 0.25) is 5.02 Å². The summed E-state index contributed by atoms with van der Waals surface area (Å²) in [7, 11) is 0. The average molecular weight is 578 g/mol. The SMILES string of the molecule is CC(C)(C)OC(=O)Nc1c(-c2ccc(Cl)c3nn(C4CCCCO4)cc23)c2cc(C(=O)NC3CC3)ccc2[nH]c1=O. The van der Waals surface area contributed by atoms with E-state index in [0.29, 0.717) is 50.1 Å². The lowest BCUT2D eigenvalue weighted by atomic mass is 9.95. The Kier molecular flexibility index (Phi) is 6.99. The van der Waals surface area contributed by atoms with Gasteiger partial charge in [0.1, 0.15) is 23.0 Å². The summed E-state index contributed by atoms with van der Waals surface area (Å²) in [6, 6.07) is 8.80. The van der Waals surface area contributed by atoms with Crippen molar-refractivity contribution >= 4 is 51.1 Å². The number of benzene rings is 2. The van der Waals surface area contributed by atoms with Crippen LogP contribution in [-0.4, -0.2) is 45.0 Å². The van der Waals surface area contributed by atoms with Gasteiger partial charge in [-0.3, -0.25) is 14.9 Å². The van der Waals surface area contributed by atoms with Crippen LogP contribution in [0.3, 0.4) is 0 Å². The van der Waals surface area contributed by atoms with Gasteiger partial charge in [0.2, 0.25) is 0 Å². The fraction of sp³-hybridized carbons (Fsp3) is 0.400. The molecule has 10 nitrogen and oxygen atoms in total. The maximum absolute atomic E-state index is 13.5. The van der Waals surface area contributed by atoms with E-state index in [1.54, 1.807) is 55.8 Å². The molecule has 2 aromatic carbocycles. The molecule has 0 spiro atoms. The first-order valence-electron chi connectivity index (χ1n) is 13.9. The van der Waals surface area contributed by atoms with Crippen molar-refractivity contribution in [1.29, 1.82) is 0 Å². The number of amides is 2. The lowest BCUT2D eigenvalue weighted by Crippen LogP contribution is -2.29. The summed E-state index contributed by atoms with van der Waals surface area (Å²) in [5, 5.41) is 12.1. The van der Waals surface area contributed by atoms with Gasteiger partial charge in [-0.2, -0.15) is 5.10 Å². The van der Waals surface area contributed by atoms with Gasteiger partial charge in [-0.15, -0.1) is 0 Å². The second-order valence-electron chi connectivity index (χ2n) is 11.6. The van der Waals surface area contributed by atoms with Crippen molar-refractivity contribution in [1.82, 2.24) is 20.1 Å². The Morgan fingerprint density at radius 3 is 2.63 bits per heavy atom. The number of H-pyrrole nitrogens is 1. The number of rotatable bonds is 5. The summed E-state index contributed by atoms with van der Waals surface area (Å²) in [6.45, 7) is 5.88. The fourth-order valence-corrected chi connectivity index (χ4v) is 5.33. The molecular formula is C30H32ClN5O5. The molecule has 0 bridgehead atoms. The number of pyridine rings is 1. The predicted molar refractivity (Wildman–Crippen MR) is 157 cm³/mol. The number of nitrogens with zero attached hydrogens (tertiary/aromatic N) is 2. The van der Waals surface area contributed by atoms with Crippen LogP contribution in [-0.2, 0) is 9.47 Å². The number of hydrogen-bond acceptors (Lipinski definition) is 6. The van der Waals surface area contributed by atoms with Gasteiger partial charge < -0.3 is 19.8 Å². The molecule has 1 atom stereocenters. The molecule has 1 aliphatic heterocycles. The Balaban J connectivity index is 1.57. The predicted octanol–water partition coefficient (Wildman–Crippen LogP) is 6.14. The van der Waals surface area contributed by atoms with E-state index in [1.165, 1.54) is 0 Å². The van der Waals surface area contributed by atoms with Gasteiger partial charge in [-0.25, -0.2) is 9.48 Å². The van der Waals surface area contributed by atoms with Crippen LogP contribution in [0.1, 0.15) is 69.5 Å². The minimum Gasteiger partial charge on any atom is -0.444 e. The molecule has 2 aliphatic rings. The van der Waals surface area contributed by atoms with Crippen molar-refractivity contribution in [2.75, 3.05) is 11.9 Å². The summed E-state index contributed by atoms with van der Waals surface area (Å²) in [5.74, 6) is -0.197. The number of anilines is 1. The molecule has 6 rings (SSSR count). The van der Waals surface area contributed by atoms with Crippen molar-refractivity contribution in [3.63, 3.8) is 0 Å². The van der Waals surface area contributed by atoms with Gasteiger partial charge in [0.15, 0.2) is 0 Å². The maximum atomic E-state index is 13.5. The second kappa shape index (κ2) is 10.5.